The SMILES string of the molecule is Cc1ccc(NC(=O)C2(C(=O)N3CCN(C=O)CC3)CC2)c(C)c1. The van der Waals surface area contributed by atoms with Crippen LogP contribution in [0.3, 0.4) is 0 Å². The summed E-state index contributed by atoms with van der Waals surface area (Å²) in [5, 5.41) is 2.93. The second-order valence-corrected chi connectivity index (χ2v) is 6.79. The molecule has 0 spiro atoms. The van der Waals surface area contributed by atoms with Crippen LogP contribution in [0.1, 0.15) is 24.0 Å². The Morgan fingerprint density at radius 2 is 1.79 bits per heavy atom. The highest BCUT2D eigenvalue weighted by atomic mass is 16.2. The van der Waals surface area contributed by atoms with Gasteiger partial charge in [-0.05, 0) is 38.3 Å². The lowest BCUT2D eigenvalue weighted by Crippen LogP contribution is -2.52. The number of hydrogen-bond acceptors (Lipinski definition) is 3. The molecule has 128 valence electrons. The first-order valence-electron chi connectivity index (χ1n) is 8.34. The van der Waals surface area contributed by atoms with Crippen LogP contribution in [0.5, 0.6) is 0 Å². The molecule has 0 bridgehead atoms. The van der Waals surface area contributed by atoms with E-state index in [1.54, 1.807) is 9.80 Å². The lowest BCUT2D eigenvalue weighted by atomic mass is 10.0. The van der Waals surface area contributed by atoms with E-state index in [9.17, 15) is 14.4 Å². The highest BCUT2D eigenvalue weighted by molar-refractivity contribution is 6.13. The molecule has 0 aromatic heterocycles. The zero-order chi connectivity index (χ0) is 17.3. The quantitative estimate of drug-likeness (QED) is 0.669. The molecule has 6 nitrogen and oxygen atoms in total. The van der Waals surface area contributed by atoms with Gasteiger partial charge < -0.3 is 15.1 Å². The Morgan fingerprint density at radius 3 is 2.33 bits per heavy atom. The van der Waals surface area contributed by atoms with Gasteiger partial charge in [0, 0.05) is 31.9 Å². The fourth-order valence-corrected chi connectivity index (χ4v) is 3.19. The summed E-state index contributed by atoms with van der Waals surface area (Å²) in [6, 6.07) is 5.84. The summed E-state index contributed by atoms with van der Waals surface area (Å²) >= 11 is 0. The molecule has 0 atom stereocenters. The molecule has 1 heterocycles. The molecule has 6 heteroatoms. The van der Waals surface area contributed by atoms with Crippen molar-refractivity contribution >= 4 is 23.9 Å². The maximum atomic E-state index is 12.8. The third-order valence-corrected chi connectivity index (χ3v) is 4.97. The minimum atomic E-state index is -0.916. The molecule has 1 N–H and O–H groups in total. The number of nitrogens with zero attached hydrogens (tertiary/aromatic N) is 2. The Labute approximate surface area is 141 Å². The van der Waals surface area contributed by atoms with Crippen LogP contribution in [-0.4, -0.2) is 54.2 Å². The van der Waals surface area contributed by atoms with Crippen molar-refractivity contribution in [1.29, 1.82) is 0 Å². The van der Waals surface area contributed by atoms with Crippen LogP contribution in [0, 0.1) is 19.3 Å². The fraction of sp³-hybridized carbons (Fsp3) is 0.500. The number of aryl methyl sites for hydroxylation is 2. The summed E-state index contributed by atoms with van der Waals surface area (Å²) in [5.74, 6) is -0.312. The summed E-state index contributed by atoms with van der Waals surface area (Å²) in [5.41, 5.74) is 1.97. The van der Waals surface area contributed by atoms with Gasteiger partial charge in [-0.25, -0.2) is 0 Å². The summed E-state index contributed by atoms with van der Waals surface area (Å²) in [6.45, 7) is 6.01. The number of carbonyl (C=O) groups is 3. The number of carbonyl (C=O) groups excluding carboxylic acids is 3. The van der Waals surface area contributed by atoms with Crippen LogP contribution in [-0.2, 0) is 14.4 Å². The van der Waals surface area contributed by atoms with Crippen LogP contribution >= 0.6 is 0 Å². The number of amides is 3. The summed E-state index contributed by atoms with van der Waals surface area (Å²) < 4.78 is 0. The first kappa shape index (κ1) is 16.5. The first-order chi connectivity index (χ1) is 11.5. The molecule has 2 aliphatic rings. The highest BCUT2D eigenvalue weighted by Crippen LogP contribution is 2.48. The van der Waals surface area contributed by atoms with E-state index >= 15 is 0 Å². The predicted octanol–water partition coefficient (Wildman–Crippen LogP) is 1.32. The second kappa shape index (κ2) is 6.26. The largest absolute Gasteiger partial charge is 0.342 e. The third-order valence-electron chi connectivity index (χ3n) is 4.97. The molecule has 1 saturated heterocycles. The zero-order valence-electron chi connectivity index (χ0n) is 14.2. The van der Waals surface area contributed by atoms with Gasteiger partial charge in [-0.3, -0.25) is 14.4 Å². The maximum absolute atomic E-state index is 12.8. The van der Waals surface area contributed by atoms with E-state index in [1.807, 2.05) is 32.0 Å². The van der Waals surface area contributed by atoms with Gasteiger partial charge in [0.25, 0.3) is 0 Å². The van der Waals surface area contributed by atoms with Gasteiger partial charge in [0.15, 0.2) is 0 Å². The van der Waals surface area contributed by atoms with Crippen LogP contribution in [0.2, 0.25) is 0 Å². The van der Waals surface area contributed by atoms with Crippen molar-refractivity contribution in [2.75, 3.05) is 31.5 Å². The monoisotopic (exact) mass is 329 g/mol. The van der Waals surface area contributed by atoms with Crippen LogP contribution < -0.4 is 5.32 Å². The van der Waals surface area contributed by atoms with Crippen molar-refractivity contribution in [3.05, 3.63) is 29.3 Å². The summed E-state index contributed by atoms with van der Waals surface area (Å²) in [6.07, 6.45) is 1.99. The van der Waals surface area contributed by atoms with Crippen LogP contribution in [0.4, 0.5) is 5.69 Å². The Morgan fingerprint density at radius 1 is 1.12 bits per heavy atom. The molecule has 3 amide bonds. The average Bonchev–Trinajstić information content (AvgIpc) is 3.38. The zero-order valence-corrected chi connectivity index (χ0v) is 14.2. The van der Waals surface area contributed by atoms with E-state index in [-0.39, 0.29) is 11.8 Å². The van der Waals surface area contributed by atoms with Gasteiger partial charge in [0.05, 0.1) is 0 Å². The normalized spacial score (nSPS) is 18.9. The summed E-state index contributed by atoms with van der Waals surface area (Å²) in [4.78, 5) is 39.7. The Kier molecular flexibility index (Phi) is 4.30. The van der Waals surface area contributed by atoms with E-state index < -0.39 is 5.41 Å². The lowest BCUT2D eigenvalue weighted by Gasteiger charge is -2.34. The Hall–Kier alpha value is -2.37. The number of anilines is 1. The topological polar surface area (TPSA) is 69.7 Å². The molecule has 1 aliphatic carbocycles. The molecule has 3 rings (SSSR count). The van der Waals surface area contributed by atoms with E-state index in [0.717, 1.165) is 23.2 Å². The minimum Gasteiger partial charge on any atom is -0.342 e. The molecule has 1 aromatic carbocycles. The van der Waals surface area contributed by atoms with Crippen LogP contribution in [0.25, 0.3) is 0 Å². The van der Waals surface area contributed by atoms with E-state index in [0.29, 0.717) is 39.0 Å². The molecule has 1 aromatic rings. The molecule has 2 fully saturated rings. The van der Waals surface area contributed by atoms with Gasteiger partial charge in [0.1, 0.15) is 5.41 Å². The molecular formula is C18H23N3O3. The number of benzene rings is 1. The second-order valence-electron chi connectivity index (χ2n) is 6.79. The average molecular weight is 329 g/mol. The lowest BCUT2D eigenvalue weighted by molar-refractivity contribution is -0.144. The van der Waals surface area contributed by atoms with Gasteiger partial charge in [-0.2, -0.15) is 0 Å². The third kappa shape index (κ3) is 3.00. The minimum absolute atomic E-state index is 0.102. The van der Waals surface area contributed by atoms with Crippen molar-refractivity contribution in [2.45, 2.75) is 26.7 Å². The molecule has 1 saturated carbocycles. The van der Waals surface area contributed by atoms with E-state index in [4.69, 9.17) is 0 Å². The maximum Gasteiger partial charge on any atom is 0.240 e. The predicted molar refractivity (Wildman–Crippen MR) is 90.4 cm³/mol. The molecule has 0 unspecified atom stereocenters. The summed E-state index contributed by atoms with van der Waals surface area (Å²) in [7, 11) is 0. The standard InChI is InChI=1S/C18H23N3O3/c1-13-3-4-15(14(2)11-13)19-16(23)18(5-6-18)17(24)21-9-7-20(12-22)8-10-21/h3-4,11-12H,5-10H2,1-2H3,(H,19,23). The number of piperazine rings is 1. The van der Waals surface area contributed by atoms with Crippen molar-refractivity contribution in [1.82, 2.24) is 9.80 Å². The smallest absolute Gasteiger partial charge is 0.240 e. The van der Waals surface area contributed by atoms with Crippen molar-refractivity contribution in [3.63, 3.8) is 0 Å². The molecule has 1 aliphatic heterocycles. The van der Waals surface area contributed by atoms with E-state index in [1.165, 1.54) is 0 Å². The molecule has 24 heavy (non-hydrogen) atoms. The van der Waals surface area contributed by atoms with Crippen LogP contribution in [0.15, 0.2) is 18.2 Å². The number of rotatable bonds is 4. The van der Waals surface area contributed by atoms with Crippen molar-refractivity contribution in [3.8, 4) is 0 Å². The Bertz CT molecular complexity index is 674. The Balaban J connectivity index is 1.68. The van der Waals surface area contributed by atoms with Gasteiger partial charge >= 0.3 is 0 Å². The van der Waals surface area contributed by atoms with Crippen molar-refractivity contribution in [2.24, 2.45) is 5.41 Å². The first-order valence-corrected chi connectivity index (χ1v) is 8.34. The molecule has 0 radical (unpaired) electrons. The number of nitrogens with one attached hydrogen (secondary N) is 1. The highest BCUT2D eigenvalue weighted by Gasteiger charge is 2.58. The number of hydrogen-bond donors (Lipinski definition) is 1. The van der Waals surface area contributed by atoms with Gasteiger partial charge in [0.2, 0.25) is 18.2 Å². The molecular weight excluding hydrogens is 306 g/mol. The van der Waals surface area contributed by atoms with Crippen molar-refractivity contribution < 1.29 is 14.4 Å². The van der Waals surface area contributed by atoms with E-state index in [2.05, 4.69) is 5.32 Å². The van der Waals surface area contributed by atoms with Gasteiger partial charge in [-0.1, -0.05) is 17.7 Å². The van der Waals surface area contributed by atoms with Gasteiger partial charge in [-0.15, -0.1) is 0 Å². The fourth-order valence-electron chi connectivity index (χ4n) is 3.19.